The number of thiocarbonyl (C=S) groups is 1. The topological polar surface area (TPSA) is 76.7 Å². The molecule has 1 saturated heterocycles. The molecule has 0 saturated carbocycles. The quantitative estimate of drug-likeness (QED) is 0.195. The number of amides is 2. The number of carbonyl (C=O) groups is 2. The zero-order valence-electron chi connectivity index (χ0n) is 18.0. The molecule has 33 heavy (non-hydrogen) atoms. The van der Waals surface area contributed by atoms with Crippen LogP contribution in [0.1, 0.15) is 23.6 Å². The zero-order chi connectivity index (χ0) is 23.5. The average molecular weight is 572 g/mol. The van der Waals surface area contributed by atoms with Crippen LogP contribution in [-0.4, -0.2) is 23.5 Å². The third-order valence-electron chi connectivity index (χ3n) is 5.22. The van der Waals surface area contributed by atoms with Gasteiger partial charge in [0.2, 0.25) is 0 Å². The molecule has 0 spiro atoms. The lowest BCUT2D eigenvalue weighted by Gasteiger charge is -2.18. The van der Waals surface area contributed by atoms with Crippen LogP contribution in [0.25, 0.3) is 16.8 Å². The van der Waals surface area contributed by atoms with Crippen LogP contribution in [0.4, 0.5) is 0 Å². The summed E-state index contributed by atoms with van der Waals surface area (Å²) in [5.74, 6) is 0.0823. The Balaban J connectivity index is 1.67. The number of rotatable bonds is 6. The minimum atomic E-state index is -0.538. The number of carbonyl (C=O) groups excluding carboxylic acids is 2. The van der Waals surface area contributed by atoms with Gasteiger partial charge in [-0.15, -0.1) is 0 Å². The SMILES string of the molecule is CCOc1cc(C=C2C(=O)NC(=S)NC2=O)cc(I)c1OCc1c(C)ccc2ccccc12. The number of nitrogens with one attached hydrogen (secondary N) is 2. The summed E-state index contributed by atoms with van der Waals surface area (Å²) in [6, 6.07) is 16.0. The summed E-state index contributed by atoms with van der Waals surface area (Å²) in [4.78, 5) is 24.4. The number of aryl methyl sites for hydroxylation is 1. The van der Waals surface area contributed by atoms with Crippen LogP contribution in [0.15, 0.2) is 54.1 Å². The van der Waals surface area contributed by atoms with E-state index in [1.807, 2.05) is 25.1 Å². The van der Waals surface area contributed by atoms with Crippen molar-refractivity contribution in [3.63, 3.8) is 0 Å². The van der Waals surface area contributed by atoms with Crippen molar-refractivity contribution in [2.24, 2.45) is 0 Å². The van der Waals surface area contributed by atoms with Gasteiger partial charge in [0.25, 0.3) is 11.8 Å². The van der Waals surface area contributed by atoms with E-state index in [9.17, 15) is 9.59 Å². The Morgan fingerprint density at radius 1 is 1.03 bits per heavy atom. The fraction of sp³-hybridized carbons (Fsp3) is 0.160. The van der Waals surface area contributed by atoms with Gasteiger partial charge < -0.3 is 9.47 Å². The van der Waals surface area contributed by atoms with Crippen LogP contribution in [-0.2, 0) is 16.2 Å². The maximum atomic E-state index is 12.2. The number of benzene rings is 3. The highest BCUT2D eigenvalue weighted by molar-refractivity contribution is 14.1. The summed E-state index contributed by atoms with van der Waals surface area (Å²) in [5.41, 5.74) is 2.88. The minimum Gasteiger partial charge on any atom is -0.490 e. The normalized spacial score (nSPS) is 13.5. The number of hydrogen-bond acceptors (Lipinski definition) is 5. The highest BCUT2D eigenvalue weighted by Crippen LogP contribution is 2.36. The van der Waals surface area contributed by atoms with Crippen LogP contribution in [0, 0.1) is 10.5 Å². The fourth-order valence-electron chi connectivity index (χ4n) is 3.63. The average Bonchev–Trinajstić information content (AvgIpc) is 2.77. The van der Waals surface area contributed by atoms with Crippen LogP contribution >= 0.6 is 34.8 Å². The lowest BCUT2D eigenvalue weighted by molar-refractivity contribution is -0.123. The Morgan fingerprint density at radius 3 is 2.48 bits per heavy atom. The van der Waals surface area contributed by atoms with E-state index in [-0.39, 0.29) is 10.7 Å². The molecule has 1 fully saturated rings. The van der Waals surface area contributed by atoms with Gasteiger partial charge in [-0.2, -0.15) is 0 Å². The van der Waals surface area contributed by atoms with Crippen molar-refractivity contribution in [3.8, 4) is 11.5 Å². The van der Waals surface area contributed by atoms with Crippen molar-refractivity contribution >= 4 is 68.6 Å². The minimum absolute atomic E-state index is 0.000729. The number of hydrogen-bond donors (Lipinski definition) is 2. The molecule has 6 nitrogen and oxygen atoms in total. The second-order valence-electron chi connectivity index (χ2n) is 7.43. The van der Waals surface area contributed by atoms with Gasteiger partial charge in [-0.3, -0.25) is 20.2 Å². The number of halogens is 1. The molecule has 4 rings (SSSR count). The van der Waals surface area contributed by atoms with E-state index >= 15 is 0 Å². The van der Waals surface area contributed by atoms with E-state index in [0.29, 0.717) is 30.3 Å². The second kappa shape index (κ2) is 9.88. The first kappa shape index (κ1) is 23.2. The molecule has 3 aromatic rings. The van der Waals surface area contributed by atoms with Gasteiger partial charge in [-0.1, -0.05) is 36.4 Å². The van der Waals surface area contributed by atoms with E-state index in [0.717, 1.165) is 25.5 Å². The molecule has 1 aliphatic heterocycles. The molecule has 1 heterocycles. The summed E-state index contributed by atoms with van der Waals surface area (Å²) >= 11 is 7.02. The Morgan fingerprint density at radius 2 is 1.76 bits per heavy atom. The Labute approximate surface area is 210 Å². The first-order chi connectivity index (χ1) is 15.9. The molecule has 2 amide bonds. The van der Waals surface area contributed by atoms with Gasteiger partial charge >= 0.3 is 0 Å². The van der Waals surface area contributed by atoms with Crippen LogP contribution in [0.3, 0.4) is 0 Å². The first-order valence-corrected chi connectivity index (χ1v) is 11.8. The standard InChI is InChI=1S/C25H21IN2O4S/c1-3-31-21-12-15(10-18-23(29)27-25(33)28-24(18)30)11-20(26)22(21)32-13-19-14(2)8-9-16-6-4-5-7-17(16)19/h4-12H,3,13H2,1-2H3,(H2,27,28,29,30,33). The third-order valence-corrected chi connectivity index (χ3v) is 6.23. The largest absolute Gasteiger partial charge is 0.490 e. The monoisotopic (exact) mass is 572 g/mol. The molecule has 2 N–H and O–H groups in total. The maximum absolute atomic E-state index is 12.2. The van der Waals surface area contributed by atoms with Gasteiger partial charge in [-0.05, 0) is 88.8 Å². The molecule has 0 atom stereocenters. The van der Waals surface area contributed by atoms with Crippen molar-refractivity contribution in [3.05, 3.63) is 74.4 Å². The highest BCUT2D eigenvalue weighted by atomic mass is 127. The van der Waals surface area contributed by atoms with Gasteiger partial charge in [0.05, 0.1) is 10.2 Å². The first-order valence-electron chi connectivity index (χ1n) is 10.3. The molecule has 0 bridgehead atoms. The van der Waals surface area contributed by atoms with E-state index < -0.39 is 11.8 Å². The predicted molar refractivity (Wildman–Crippen MR) is 140 cm³/mol. The lowest BCUT2D eigenvalue weighted by Crippen LogP contribution is -2.51. The van der Waals surface area contributed by atoms with Crippen molar-refractivity contribution in [2.45, 2.75) is 20.5 Å². The summed E-state index contributed by atoms with van der Waals surface area (Å²) in [5, 5.41) is 7.19. The zero-order valence-corrected chi connectivity index (χ0v) is 21.0. The smallest absolute Gasteiger partial charge is 0.263 e. The molecular weight excluding hydrogens is 551 g/mol. The van der Waals surface area contributed by atoms with E-state index in [1.54, 1.807) is 6.07 Å². The third kappa shape index (κ3) is 5.01. The lowest BCUT2D eigenvalue weighted by atomic mass is 10.0. The molecule has 0 aromatic heterocycles. The Hall–Kier alpha value is -2.98. The van der Waals surface area contributed by atoms with E-state index in [1.165, 1.54) is 6.08 Å². The molecule has 1 aliphatic rings. The van der Waals surface area contributed by atoms with Crippen LogP contribution in [0.5, 0.6) is 11.5 Å². The summed E-state index contributed by atoms with van der Waals surface area (Å²) in [7, 11) is 0. The van der Waals surface area contributed by atoms with Gasteiger partial charge in [0, 0.05) is 5.56 Å². The van der Waals surface area contributed by atoms with Gasteiger partial charge in [0.15, 0.2) is 16.6 Å². The summed E-state index contributed by atoms with van der Waals surface area (Å²) in [6.45, 7) is 4.78. The highest BCUT2D eigenvalue weighted by Gasteiger charge is 2.26. The van der Waals surface area contributed by atoms with Gasteiger partial charge in [0.1, 0.15) is 12.2 Å². The summed E-state index contributed by atoms with van der Waals surface area (Å²) in [6.07, 6.45) is 1.51. The van der Waals surface area contributed by atoms with Crippen molar-refractivity contribution < 1.29 is 19.1 Å². The molecule has 0 radical (unpaired) electrons. The number of ether oxygens (including phenoxy) is 2. The van der Waals surface area contributed by atoms with Crippen LogP contribution in [0.2, 0.25) is 0 Å². The molecule has 0 unspecified atom stereocenters. The van der Waals surface area contributed by atoms with Crippen molar-refractivity contribution in [1.29, 1.82) is 0 Å². The number of fused-ring (bicyclic) bond motifs is 1. The molecular formula is C25H21IN2O4S. The van der Waals surface area contributed by atoms with Crippen LogP contribution < -0.4 is 20.1 Å². The summed E-state index contributed by atoms with van der Waals surface area (Å²) < 4.78 is 12.9. The molecule has 8 heteroatoms. The van der Waals surface area contributed by atoms with Gasteiger partial charge in [-0.25, -0.2) is 0 Å². The molecule has 168 valence electrons. The molecule has 0 aliphatic carbocycles. The van der Waals surface area contributed by atoms with Crippen molar-refractivity contribution in [2.75, 3.05) is 6.61 Å². The Bertz CT molecular complexity index is 1300. The van der Waals surface area contributed by atoms with Crippen molar-refractivity contribution in [1.82, 2.24) is 10.6 Å². The van der Waals surface area contributed by atoms with E-state index in [2.05, 4.69) is 64.4 Å². The second-order valence-corrected chi connectivity index (χ2v) is 9.00. The van der Waals surface area contributed by atoms with E-state index in [4.69, 9.17) is 21.7 Å². The predicted octanol–water partition coefficient (Wildman–Crippen LogP) is 4.64. The maximum Gasteiger partial charge on any atom is 0.263 e. The fourth-order valence-corrected chi connectivity index (χ4v) is 4.59. The Kier molecular flexibility index (Phi) is 6.94. The molecule has 3 aromatic carbocycles.